The van der Waals surface area contributed by atoms with E-state index in [-0.39, 0.29) is 41.3 Å². The molecule has 2 aliphatic rings. The maximum Gasteiger partial charge on any atom is 0.268 e. The smallest absolute Gasteiger partial charge is 0.268 e. The SMILES string of the molecule is CCN1C(=O)c2ccc(-c3nc(C4CNCCN4C)no3)cc2S1(=O)=O.Cl. The molecule has 1 N–H and O–H groups in total. The van der Waals surface area contributed by atoms with E-state index >= 15 is 0 Å². The Balaban J connectivity index is 0.00000210. The molecule has 1 unspecified atom stereocenters. The Kier molecular flexibility index (Phi) is 5.26. The zero-order chi connectivity index (χ0) is 18.5. The van der Waals surface area contributed by atoms with Gasteiger partial charge in [0.15, 0.2) is 5.82 Å². The lowest BCUT2D eigenvalue weighted by Crippen LogP contribution is -2.44. The van der Waals surface area contributed by atoms with Gasteiger partial charge in [-0.2, -0.15) is 4.98 Å². The number of rotatable bonds is 3. The molecule has 27 heavy (non-hydrogen) atoms. The summed E-state index contributed by atoms with van der Waals surface area (Å²) in [4.78, 5) is 18.8. The highest BCUT2D eigenvalue weighted by Gasteiger charge is 2.40. The topological polar surface area (TPSA) is 109 Å². The Bertz CT molecular complexity index is 977. The normalized spacial score (nSPS) is 21.8. The highest BCUT2D eigenvalue weighted by atomic mass is 35.5. The first-order chi connectivity index (χ1) is 12.4. The van der Waals surface area contributed by atoms with E-state index in [2.05, 4.69) is 20.4 Å². The average molecular weight is 414 g/mol. The summed E-state index contributed by atoms with van der Waals surface area (Å²) in [7, 11) is -1.83. The highest BCUT2D eigenvalue weighted by molar-refractivity contribution is 7.90. The van der Waals surface area contributed by atoms with Crippen molar-refractivity contribution < 1.29 is 17.7 Å². The summed E-state index contributed by atoms with van der Waals surface area (Å²) < 4.78 is 31.3. The fourth-order valence-corrected chi connectivity index (χ4v) is 4.91. The van der Waals surface area contributed by atoms with Crippen molar-refractivity contribution in [1.82, 2.24) is 24.7 Å². The van der Waals surface area contributed by atoms with Gasteiger partial charge in [-0.25, -0.2) is 12.7 Å². The molecule has 1 aromatic heterocycles. The van der Waals surface area contributed by atoms with Crippen LogP contribution in [0.4, 0.5) is 0 Å². The number of amides is 1. The first kappa shape index (κ1) is 19.7. The molecule has 1 fully saturated rings. The number of piperazine rings is 1. The molecule has 9 nitrogen and oxygen atoms in total. The van der Waals surface area contributed by atoms with Crippen LogP contribution in [-0.4, -0.2) is 66.9 Å². The number of carbonyl (C=O) groups excluding carboxylic acids is 1. The van der Waals surface area contributed by atoms with Crippen molar-refractivity contribution in [2.24, 2.45) is 0 Å². The average Bonchev–Trinajstić information content (AvgIpc) is 3.18. The quantitative estimate of drug-likeness (QED) is 0.790. The molecule has 0 spiro atoms. The molecule has 3 heterocycles. The minimum absolute atomic E-state index is 0. The lowest BCUT2D eigenvalue weighted by atomic mass is 10.1. The first-order valence-corrected chi connectivity index (χ1v) is 9.83. The number of nitrogens with one attached hydrogen (secondary N) is 1. The van der Waals surface area contributed by atoms with Crippen LogP contribution in [0.2, 0.25) is 0 Å². The predicted molar refractivity (Wildman–Crippen MR) is 99.1 cm³/mol. The summed E-state index contributed by atoms with van der Waals surface area (Å²) in [6.07, 6.45) is 0. The number of halogens is 1. The number of likely N-dealkylation sites (N-methyl/N-ethyl adjacent to an activating group) is 1. The van der Waals surface area contributed by atoms with Gasteiger partial charge in [-0.05, 0) is 32.2 Å². The van der Waals surface area contributed by atoms with Crippen molar-refractivity contribution in [3.05, 3.63) is 29.6 Å². The Morgan fingerprint density at radius 2 is 2.15 bits per heavy atom. The lowest BCUT2D eigenvalue weighted by molar-refractivity contribution is 0.0876. The van der Waals surface area contributed by atoms with Crippen molar-refractivity contribution in [2.45, 2.75) is 17.9 Å². The number of hydrogen-bond donors (Lipinski definition) is 1. The van der Waals surface area contributed by atoms with Crippen LogP contribution in [0.5, 0.6) is 0 Å². The number of aromatic nitrogens is 2. The van der Waals surface area contributed by atoms with Gasteiger partial charge in [-0.3, -0.25) is 9.69 Å². The summed E-state index contributed by atoms with van der Waals surface area (Å²) in [5.74, 6) is 0.277. The van der Waals surface area contributed by atoms with Crippen LogP contribution in [-0.2, 0) is 10.0 Å². The Hall–Kier alpha value is -2.01. The fraction of sp³-hybridized carbons (Fsp3) is 0.438. The summed E-state index contributed by atoms with van der Waals surface area (Å²) in [6, 6.07) is 4.55. The van der Waals surface area contributed by atoms with Gasteiger partial charge in [0.1, 0.15) is 4.90 Å². The van der Waals surface area contributed by atoms with Crippen molar-refractivity contribution in [1.29, 1.82) is 0 Å². The van der Waals surface area contributed by atoms with Crippen molar-refractivity contribution >= 4 is 28.3 Å². The van der Waals surface area contributed by atoms with E-state index in [1.807, 2.05) is 7.05 Å². The van der Waals surface area contributed by atoms with Gasteiger partial charge in [0.25, 0.3) is 21.8 Å². The molecule has 1 atom stereocenters. The van der Waals surface area contributed by atoms with E-state index in [9.17, 15) is 13.2 Å². The molecule has 0 aliphatic carbocycles. The van der Waals surface area contributed by atoms with Crippen molar-refractivity contribution in [3.63, 3.8) is 0 Å². The van der Waals surface area contributed by atoms with Crippen LogP contribution >= 0.6 is 12.4 Å². The minimum Gasteiger partial charge on any atom is -0.334 e. The third-order valence-corrected chi connectivity index (χ3v) is 6.69. The number of sulfonamides is 1. The summed E-state index contributed by atoms with van der Waals surface area (Å²) in [6.45, 7) is 4.22. The first-order valence-electron chi connectivity index (χ1n) is 8.39. The second kappa shape index (κ2) is 7.19. The molecular formula is C16H20ClN5O4S. The van der Waals surface area contributed by atoms with Gasteiger partial charge in [0, 0.05) is 31.7 Å². The van der Waals surface area contributed by atoms with Crippen LogP contribution in [0.1, 0.15) is 29.1 Å². The zero-order valence-corrected chi connectivity index (χ0v) is 16.5. The van der Waals surface area contributed by atoms with Gasteiger partial charge in [0.2, 0.25) is 0 Å². The van der Waals surface area contributed by atoms with Crippen molar-refractivity contribution in [2.75, 3.05) is 33.2 Å². The number of benzene rings is 1. The number of carbonyl (C=O) groups is 1. The van der Waals surface area contributed by atoms with E-state index in [1.165, 1.54) is 12.1 Å². The van der Waals surface area contributed by atoms with Gasteiger partial charge < -0.3 is 9.84 Å². The molecule has 0 saturated carbocycles. The van der Waals surface area contributed by atoms with Gasteiger partial charge >= 0.3 is 0 Å². The third kappa shape index (κ3) is 3.12. The molecular weight excluding hydrogens is 394 g/mol. The molecule has 146 valence electrons. The number of fused-ring (bicyclic) bond motifs is 1. The molecule has 4 rings (SSSR count). The maximum atomic E-state index is 12.5. The predicted octanol–water partition coefficient (Wildman–Crippen LogP) is 0.899. The number of nitrogens with zero attached hydrogens (tertiary/aromatic N) is 4. The molecule has 11 heteroatoms. The van der Waals surface area contributed by atoms with E-state index in [4.69, 9.17) is 4.52 Å². The molecule has 2 aliphatic heterocycles. The number of hydrogen-bond acceptors (Lipinski definition) is 8. The van der Waals surface area contributed by atoms with E-state index in [0.29, 0.717) is 17.9 Å². The Morgan fingerprint density at radius 3 is 2.85 bits per heavy atom. The van der Waals surface area contributed by atoms with Crippen molar-refractivity contribution in [3.8, 4) is 11.5 Å². The largest absolute Gasteiger partial charge is 0.334 e. The molecule has 1 aromatic carbocycles. The summed E-state index contributed by atoms with van der Waals surface area (Å²) >= 11 is 0. The summed E-state index contributed by atoms with van der Waals surface area (Å²) in [5.41, 5.74) is 0.648. The Morgan fingerprint density at radius 1 is 1.37 bits per heavy atom. The van der Waals surface area contributed by atoms with Crippen LogP contribution < -0.4 is 5.32 Å². The van der Waals surface area contributed by atoms with Crippen LogP contribution in [0.25, 0.3) is 11.5 Å². The molecule has 2 aromatic rings. The van der Waals surface area contributed by atoms with Gasteiger partial charge in [-0.1, -0.05) is 5.16 Å². The Labute approximate surface area is 163 Å². The molecule has 1 saturated heterocycles. The summed E-state index contributed by atoms with van der Waals surface area (Å²) in [5, 5.41) is 7.34. The lowest BCUT2D eigenvalue weighted by Gasteiger charge is -2.30. The van der Waals surface area contributed by atoms with Gasteiger partial charge in [0.05, 0.1) is 11.6 Å². The second-order valence-corrected chi connectivity index (χ2v) is 8.17. The fourth-order valence-electron chi connectivity index (χ4n) is 3.30. The van der Waals surface area contributed by atoms with E-state index < -0.39 is 15.9 Å². The standard InChI is InChI=1S/C16H19N5O4S.ClH/c1-3-21-16(22)11-5-4-10(8-13(11)26(21,23)24)15-18-14(19-25-15)12-9-17-6-7-20(12)2;/h4-5,8,12,17H,3,6-7,9H2,1-2H3;1H. The highest BCUT2D eigenvalue weighted by Crippen LogP contribution is 2.33. The zero-order valence-electron chi connectivity index (χ0n) is 14.9. The molecule has 0 bridgehead atoms. The van der Waals surface area contributed by atoms with E-state index in [1.54, 1.807) is 13.0 Å². The van der Waals surface area contributed by atoms with Gasteiger partial charge in [-0.15, -0.1) is 12.4 Å². The van der Waals surface area contributed by atoms with E-state index in [0.717, 1.165) is 17.4 Å². The van der Waals surface area contributed by atoms with Crippen LogP contribution in [0.3, 0.4) is 0 Å². The third-order valence-electron chi connectivity index (χ3n) is 4.79. The minimum atomic E-state index is -3.82. The maximum absolute atomic E-state index is 12.5. The monoisotopic (exact) mass is 413 g/mol. The molecule has 1 amide bonds. The second-order valence-electron chi connectivity index (χ2n) is 6.34. The van der Waals surface area contributed by atoms with Crippen LogP contribution in [0, 0.1) is 0 Å². The van der Waals surface area contributed by atoms with Crippen LogP contribution in [0.15, 0.2) is 27.6 Å². The molecule has 0 radical (unpaired) electrons.